The maximum atomic E-state index is 13.7. The molecule has 0 spiro atoms. The Bertz CT molecular complexity index is 1630. The number of aromatic nitrogens is 1. The van der Waals surface area contributed by atoms with Crippen molar-refractivity contribution in [1.82, 2.24) is 4.98 Å². The van der Waals surface area contributed by atoms with E-state index in [0.717, 1.165) is 34.4 Å². The summed E-state index contributed by atoms with van der Waals surface area (Å²) in [6.45, 7) is 0.510. The highest BCUT2D eigenvalue weighted by Gasteiger charge is 2.24. The van der Waals surface area contributed by atoms with Crippen LogP contribution in [0, 0.1) is 0 Å². The van der Waals surface area contributed by atoms with E-state index >= 15 is 0 Å². The van der Waals surface area contributed by atoms with Crippen molar-refractivity contribution in [2.75, 3.05) is 10.2 Å². The van der Waals surface area contributed by atoms with Crippen LogP contribution < -0.4 is 10.2 Å². The molecule has 38 heavy (non-hydrogen) atoms. The zero-order valence-electron chi connectivity index (χ0n) is 20.7. The number of pyridine rings is 1. The Morgan fingerprint density at radius 2 is 1.42 bits per heavy atom. The summed E-state index contributed by atoms with van der Waals surface area (Å²) < 4.78 is 0. The molecule has 4 aromatic carbocycles. The summed E-state index contributed by atoms with van der Waals surface area (Å²) in [5.41, 5.74) is 7.86. The molecule has 0 saturated heterocycles. The van der Waals surface area contributed by atoms with Gasteiger partial charge in [-0.2, -0.15) is 0 Å². The van der Waals surface area contributed by atoms with E-state index in [0.29, 0.717) is 23.4 Å². The number of para-hydroxylation sites is 1. The first kappa shape index (κ1) is 23.4. The molecule has 6 rings (SSSR count). The number of rotatable bonds is 4. The van der Waals surface area contributed by atoms with Gasteiger partial charge in [-0.05, 0) is 71.1 Å². The molecule has 2 amide bonds. The fourth-order valence-electron chi connectivity index (χ4n) is 4.96. The fraction of sp³-hybridized carbons (Fsp3) is 0.0606. The van der Waals surface area contributed by atoms with E-state index in [1.54, 1.807) is 42.7 Å². The molecule has 0 aliphatic carbocycles. The second kappa shape index (κ2) is 10.1. The molecule has 0 atom stereocenters. The van der Waals surface area contributed by atoms with E-state index in [1.165, 1.54) is 5.56 Å². The van der Waals surface area contributed by atoms with Crippen LogP contribution in [0.3, 0.4) is 0 Å². The topological polar surface area (TPSA) is 62.3 Å². The van der Waals surface area contributed by atoms with Gasteiger partial charge in [0.15, 0.2) is 0 Å². The summed E-state index contributed by atoms with van der Waals surface area (Å²) >= 11 is 0. The molecule has 2 heterocycles. The largest absolute Gasteiger partial charge is 0.322 e. The zero-order chi connectivity index (χ0) is 25.9. The van der Waals surface area contributed by atoms with E-state index in [1.807, 2.05) is 65.6 Å². The van der Waals surface area contributed by atoms with Crippen molar-refractivity contribution in [2.45, 2.75) is 13.0 Å². The molecule has 5 aromatic rings. The third-order valence-corrected chi connectivity index (χ3v) is 6.89. The van der Waals surface area contributed by atoms with E-state index in [-0.39, 0.29) is 11.8 Å². The lowest BCUT2D eigenvalue weighted by Crippen LogP contribution is -2.30. The van der Waals surface area contributed by atoms with Gasteiger partial charge in [0.1, 0.15) is 0 Å². The minimum atomic E-state index is -0.221. The van der Waals surface area contributed by atoms with E-state index < -0.39 is 0 Å². The Morgan fingerprint density at radius 1 is 0.711 bits per heavy atom. The highest BCUT2D eigenvalue weighted by molar-refractivity contribution is 6.09. The van der Waals surface area contributed by atoms with Crippen molar-refractivity contribution < 1.29 is 9.59 Å². The number of hydrogen-bond donors (Lipinski definition) is 1. The number of benzene rings is 4. The van der Waals surface area contributed by atoms with Gasteiger partial charge in [-0.1, -0.05) is 66.7 Å². The minimum Gasteiger partial charge on any atom is -0.322 e. The van der Waals surface area contributed by atoms with Crippen LogP contribution in [0.1, 0.15) is 37.4 Å². The number of nitrogens with one attached hydrogen (secondary N) is 1. The van der Waals surface area contributed by atoms with Gasteiger partial charge in [0, 0.05) is 40.5 Å². The Kier molecular flexibility index (Phi) is 6.24. The van der Waals surface area contributed by atoms with Crippen molar-refractivity contribution in [3.8, 4) is 11.1 Å². The number of carbonyl (C=O) groups excluding carboxylic acids is 2. The molecule has 0 radical (unpaired) electrons. The normalized spacial score (nSPS) is 12.2. The summed E-state index contributed by atoms with van der Waals surface area (Å²) in [4.78, 5) is 32.9. The van der Waals surface area contributed by atoms with Crippen LogP contribution in [-0.2, 0) is 13.0 Å². The molecule has 0 saturated carbocycles. The van der Waals surface area contributed by atoms with Gasteiger partial charge in [0.25, 0.3) is 11.8 Å². The Labute approximate surface area is 221 Å². The molecular weight excluding hydrogens is 470 g/mol. The van der Waals surface area contributed by atoms with Gasteiger partial charge in [0.2, 0.25) is 0 Å². The van der Waals surface area contributed by atoms with E-state index in [9.17, 15) is 9.59 Å². The smallest absolute Gasteiger partial charge is 0.258 e. The molecule has 0 unspecified atom stereocenters. The number of fused-ring (bicyclic) bond motifs is 2. The average Bonchev–Trinajstić information content (AvgIpc) is 3.14. The van der Waals surface area contributed by atoms with Gasteiger partial charge in [0.05, 0.1) is 6.54 Å². The van der Waals surface area contributed by atoms with Crippen LogP contribution in [0.25, 0.3) is 11.1 Å². The SMILES string of the molecule is O=C(Nc1ccc(C(=O)N2Cc3ccccc3Cc3ccccc32)cc1)c1ccccc1-c1cccnc1. The van der Waals surface area contributed by atoms with Crippen LogP contribution in [-0.4, -0.2) is 16.8 Å². The first-order chi connectivity index (χ1) is 18.7. The summed E-state index contributed by atoms with van der Waals surface area (Å²) in [6.07, 6.45) is 4.24. The van der Waals surface area contributed by atoms with Crippen molar-refractivity contribution >= 4 is 23.2 Å². The predicted molar refractivity (Wildman–Crippen MR) is 150 cm³/mol. The maximum absolute atomic E-state index is 13.7. The van der Waals surface area contributed by atoms with Crippen LogP contribution in [0.5, 0.6) is 0 Å². The first-order valence-electron chi connectivity index (χ1n) is 12.5. The van der Waals surface area contributed by atoms with Gasteiger partial charge in [-0.15, -0.1) is 0 Å². The number of nitrogens with zero attached hydrogens (tertiary/aromatic N) is 2. The third kappa shape index (κ3) is 4.58. The van der Waals surface area contributed by atoms with E-state index in [2.05, 4.69) is 28.5 Å². The number of amides is 2. The Hall–Kier alpha value is -5.03. The number of hydrogen-bond acceptors (Lipinski definition) is 3. The lowest BCUT2D eigenvalue weighted by Gasteiger charge is -2.23. The molecule has 5 nitrogen and oxygen atoms in total. The molecule has 1 N–H and O–H groups in total. The summed E-state index contributed by atoms with van der Waals surface area (Å²) in [5.74, 6) is -0.296. The number of anilines is 2. The quantitative estimate of drug-likeness (QED) is 0.300. The van der Waals surface area contributed by atoms with Crippen LogP contribution in [0.15, 0.2) is 122 Å². The van der Waals surface area contributed by atoms with Crippen molar-refractivity contribution in [1.29, 1.82) is 0 Å². The lowest BCUT2D eigenvalue weighted by molar-refractivity contribution is 0.0984. The third-order valence-electron chi connectivity index (χ3n) is 6.89. The Morgan fingerprint density at radius 3 is 2.21 bits per heavy atom. The fourth-order valence-corrected chi connectivity index (χ4v) is 4.96. The molecule has 1 aliphatic rings. The summed E-state index contributed by atoms with van der Waals surface area (Å²) in [7, 11) is 0. The van der Waals surface area contributed by atoms with Gasteiger partial charge >= 0.3 is 0 Å². The molecular formula is C33H25N3O2. The second-order valence-corrected chi connectivity index (χ2v) is 9.28. The number of carbonyl (C=O) groups is 2. The van der Waals surface area contributed by atoms with Crippen LogP contribution in [0.4, 0.5) is 11.4 Å². The summed E-state index contributed by atoms with van der Waals surface area (Å²) in [5, 5.41) is 2.97. The standard InChI is InChI=1S/C33H25N3O2/c37-32(30-13-5-4-12-29(30)26-11-7-19-34-21-26)35-28-17-15-23(16-18-28)33(38)36-22-27-10-2-1-8-24(27)20-25-9-3-6-14-31(25)36/h1-19,21H,20,22H2,(H,35,37). The zero-order valence-corrected chi connectivity index (χ0v) is 20.7. The molecule has 0 bridgehead atoms. The highest BCUT2D eigenvalue weighted by atomic mass is 16.2. The molecule has 0 fully saturated rings. The predicted octanol–water partition coefficient (Wildman–Crippen LogP) is 6.75. The van der Waals surface area contributed by atoms with Crippen molar-refractivity contribution in [3.63, 3.8) is 0 Å². The molecule has 184 valence electrons. The summed E-state index contributed by atoms with van der Waals surface area (Å²) in [6, 6.07) is 34.7. The first-order valence-corrected chi connectivity index (χ1v) is 12.5. The van der Waals surface area contributed by atoms with Gasteiger partial charge in [-0.25, -0.2) is 0 Å². The van der Waals surface area contributed by atoms with E-state index in [4.69, 9.17) is 0 Å². The lowest BCUT2D eigenvalue weighted by atomic mass is 10.0. The van der Waals surface area contributed by atoms with Crippen molar-refractivity contribution in [3.05, 3.63) is 149 Å². The highest BCUT2D eigenvalue weighted by Crippen LogP contribution is 2.32. The van der Waals surface area contributed by atoms with Gasteiger partial charge < -0.3 is 10.2 Å². The second-order valence-electron chi connectivity index (χ2n) is 9.28. The molecule has 1 aliphatic heterocycles. The Balaban J connectivity index is 1.24. The molecule has 1 aromatic heterocycles. The average molecular weight is 496 g/mol. The van der Waals surface area contributed by atoms with Gasteiger partial charge in [-0.3, -0.25) is 14.6 Å². The maximum Gasteiger partial charge on any atom is 0.258 e. The van der Waals surface area contributed by atoms with Crippen LogP contribution in [0.2, 0.25) is 0 Å². The monoisotopic (exact) mass is 495 g/mol. The van der Waals surface area contributed by atoms with Crippen LogP contribution >= 0.6 is 0 Å². The van der Waals surface area contributed by atoms with Crippen molar-refractivity contribution in [2.24, 2.45) is 0 Å². The minimum absolute atomic E-state index is 0.0750. The molecule has 5 heteroatoms.